The second kappa shape index (κ2) is 13.4. The zero-order valence-electron chi connectivity index (χ0n) is 21.2. The van der Waals surface area contributed by atoms with Gasteiger partial charge in [-0.05, 0) is 74.0 Å². The zero-order chi connectivity index (χ0) is 25.2. The molecular formula is C29H39N3O4. The number of aliphatic hydroxyl groups is 1. The summed E-state index contributed by atoms with van der Waals surface area (Å²) in [6.07, 6.45) is 7.15. The smallest absolute Gasteiger partial charge is 0.264 e. The number of aliphatic hydroxyl groups excluding tert-OH is 1. The number of nitrogens with zero attached hydrogens (tertiary/aromatic N) is 2. The van der Waals surface area contributed by atoms with Crippen LogP contribution in [-0.4, -0.2) is 61.2 Å². The molecule has 2 heterocycles. The van der Waals surface area contributed by atoms with Gasteiger partial charge in [-0.15, -0.1) is 0 Å². The van der Waals surface area contributed by atoms with Crippen molar-refractivity contribution in [1.82, 2.24) is 10.2 Å². The summed E-state index contributed by atoms with van der Waals surface area (Å²) in [5.74, 6) is 0.897. The van der Waals surface area contributed by atoms with E-state index in [0.717, 1.165) is 56.3 Å². The normalized spacial score (nSPS) is 18.0. The number of rotatable bonds is 5. The van der Waals surface area contributed by atoms with Crippen LogP contribution < -0.4 is 15.0 Å². The molecular weight excluding hydrogens is 454 g/mol. The lowest BCUT2D eigenvalue weighted by molar-refractivity contribution is -0.120. The van der Waals surface area contributed by atoms with Gasteiger partial charge >= 0.3 is 0 Å². The van der Waals surface area contributed by atoms with Crippen LogP contribution in [-0.2, 0) is 11.3 Å². The Bertz CT molecular complexity index is 989. The lowest BCUT2D eigenvalue weighted by Gasteiger charge is -2.31. The van der Waals surface area contributed by atoms with Crippen molar-refractivity contribution in [3.05, 3.63) is 59.7 Å². The van der Waals surface area contributed by atoms with E-state index in [0.29, 0.717) is 37.5 Å². The maximum atomic E-state index is 13.4. The number of benzene rings is 2. The molecule has 1 fully saturated rings. The third-order valence-electron chi connectivity index (χ3n) is 7.23. The monoisotopic (exact) mass is 493 g/mol. The molecule has 7 nitrogen and oxygen atoms in total. The molecule has 0 aromatic heterocycles. The van der Waals surface area contributed by atoms with Gasteiger partial charge in [-0.1, -0.05) is 37.5 Å². The van der Waals surface area contributed by atoms with Gasteiger partial charge in [0.05, 0.1) is 0 Å². The quantitative estimate of drug-likeness (QED) is 0.658. The fourth-order valence-corrected chi connectivity index (χ4v) is 5.02. The van der Waals surface area contributed by atoms with Crippen LogP contribution in [0.3, 0.4) is 0 Å². The van der Waals surface area contributed by atoms with E-state index in [4.69, 9.17) is 4.74 Å². The SMILES string of the molecule is O=C(c1ccc2c(c1)CNCCCCCCCN2C(=O)COc1ccccc1)N1CCC(CO)CC1. The lowest BCUT2D eigenvalue weighted by atomic mass is 9.97. The number of hydrogen-bond donors (Lipinski definition) is 2. The predicted molar refractivity (Wildman–Crippen MR) is 141 cm³/mol. The molecule has 0 aliphatic carbocycles. The number of fused-ring (bicyclic) bond motifs is 1. The maximum absolute atomic E-state index is 13.4. The molecule has 4 rings (SSSR count). The van der Waals surface area contributed by atoms with Crippen molar-refractivity contribution in [1.29, 1.82) is 0 Å². The van der Waals surface area contributed by atoms with Crippen molar-refractivity contribution in [2.45, 2.75) is 51.5 Å². The fourth-order valence-electron chi connectivity index (χ4n) is 5.02. The van der Waals surface area contributed by atoms with Crippen LogP contribution in [0.2, 0.25) is 0 Å². The molecule has 2 aliphatic heterocycles. The van der Waals surface area contributed by atoms with Gasteiger partial charge in [0.2, 0.25) is 0 Å². The number of ether oxygens (including phenoxy) is 1. The largest absolute Gasteiger partial charge is 0.484 e. The highest BCUT2D eigenvalue weighted by Gasteiger charge is 2.25. The molecule has 0 atom stereocenters. The Kier molecular flexibility index (Phi) is 9.76. The minimum atomic E-state index is -0.0812. The first-order chi connectivity index (χ1) is 17.7. The number of hydrogen-bond acceptors (Lipinski definition) is 5. The summed E-state index contributed by atoms with van der Waals surface area (Å²) < 4.78 is 5.78. The summed E-state index contributed by atoms with van der Waals surface area (Å²) in [7, 11) is 0. The molecule has 0 bridgehead atoms. The van der Waals surface area contributed by atoms with Crippen molar-refractivity contribution in [3.8, 4) is 5.75 Å². The van der Waals surface area contributed by atoms with E-state index in [-0.39, 0.29) is 30.9 Å². The van der Waals surface area contributed by atoms with Gasteiger partial charge < -0.3 is 25.0 Å². The van der Waals surface area contributed by atoms with Crippen LogP contribution in [0.5, 0.6) is 5.75 Å². The summed E-state index contributed by atoms with van der Waals surface area (Å²) in [5, 5.41) is 12.9. The number of nitrogens with one attached hydrogen (secondary N) is 1. The molecule has 2 amide bonds. The van der Waals surface area contributed by atoms with Crippen molar-refractivity contribution in [3.63, 3.8) is 0 Å². The van der Waals surface area contributed by atoms with Gasteiger partial charge in [-0.3, -0.25) is 9.59 Å². The molecule has 194 valence electrons. The topological polar surface area (TPSA) is 82.1 Å². The number of likely N-dealkylation sites (tertiary alicyclic amines) is 1. The van der Waals surface area contributed by atoms with Crippen LogP contribution in [0.15, 0.2) is 48.5 Å². The van der Waals surface area contributed by atoms with Gasteiger partial charge in [-0.2, -0.15) is 0 Å². The molecule has 7 heteroatoms. The molecule has 0 radical (unpaired) electrons. The molecule has 0 saturated carbocycles. The molecule has 0 spiro atoms. The van der Waals surface area contributed by atoms with E-state index >= 15 is 0 Å². The van der Waals surface area contributed by atoms with Crippen molar-refractivity contribution in [2.24, 2.45) is 5.92 Å². The second-order valence-corrected chi connectivity index (χ2v) is 9.85. The van der Waals surface area contributed by atoms with E-state index < -0.39 is 0 Å². The average Bonchev–Trinajstić information content (AvgIpc) is 2.92. The summed E-state index contributed by atoms with van der Waals surface area (Å²) in [4.78, 5) is 30.4. The van der Waals surface area contributed by atoms with Crippen LogP contribution in [0.1, 0.15) is 60.9 Å². The highest BCUT2D eigenvalue weighted by molar-refractivity contribution is 5.98. The number of piperidine rings is 1. The number of para-hydroxylation sites is 1. The first-order valence-electron chi connectivity index (χ1n) is 13.4. The van der Waals surface area contributed by atoms with Gasteiger partial charge in [-0.25, -0.2) is 0 Å². The highest BCUT2D eigenvalue weighted by atomic mass is 16.5. The third-order valence-corrected chi connectivity index (χ3v) is 7.23. The summed E-state index contributed by atoms with van der Waals surface area (Å²) in [6.45, 7) is 3.64. The first kappa shape index (κ1) is 26.2. The highest BCUT2D eigenvalue weighted by Crippen LogP contribution is 2.26. The van der Waals surface area contributed by atoms with Crippen LogP contribution in [0.4, 0.5) is 5.69 Å². The van der Waals surface area contributed by atoms with Gasteiger partial charge in [0.25, 0.3) is 11.8 Å². The molecule has 36 heavy (non-hydrogen) atoms. The molecule has 2 aromatic rings. The number of carbonyl (C=O) groups excluding carboxylic acids is 2. The number of carbonyl (C=O) groups is 2. The van der Waals surface area contributed by atoms with Gasteiger partial charge in [0, 0.05) is 44.0 Å². The van der Waals surface area contributed by atoms with Gasteiger partial charge in [0.1, 0.15) is 5.75 Å². The summed E-state index contributed by atoms with van der Waals surface area (Å²) in [5.41, 5.74) is 2.46. The Morgan fingerprint density at radius 1 is 0.944 bits per heavy atom. The minimum Gasteiger partial charge on any atom is -0.484 e. The van der Waals surface area contributed by atoms with Crippen molar-refractivity contribution >= 4 is 17.5 Å². The lowest BCUT2D eigenvalue weighted by Crippen LogP contribution is -2.39. The zero-order valence-corrected chi connectivity index (χ0v) is 21.2. The molecule has 2 aromatic carbocycles. The van der Waals surface area contributed by atoms with E-state index in [1.54, 1.807) is 0 Å². The molecule has 2 N–H and O–H groups in total. The van der Waals surface area contributed by atoms with Gasteiger partial charge in [0.15, 0.2) is 6.61 Å². The summed E-state index contributed by atoms with van der Waals surface area (Å²) >= 11 is 0. The predicted octanol–water partition coefficient (Wildman–Crippen LogP) is 4.00. The number of amides is 2. The number of anilines is 1. The molecule has 1 saturated heterocycles. The maximum Gasteiger partial charge on any atom is 0.264 e. The van der Waals surface area contributed by atoms with Crippen LogP contribution >= 0.6 is 0 Å². The molecule has 0 unspecified atom stereocenters. The fraction of sp³-hybridized carbons (Fsp3) is 0.517. The average molecular weight is 494 g/mol. The Morgan fingerprint density at radius 2 is 1.69 bits per heavy atom. The Hall–Kier alpha value is -2.90. The first-order valence-corrected chi connectivity index (χ1v) is 13.4. The third kappa shape index (κ3) is 7.08. The molecule has 2 aliphatic rings. The van der Waals surface area contributed by atoms with E-state index in [2.05, 4.69) is 5.32 Å². The Morgan fingerprint density at radius 3 is 2.47 bits per heavy atom. The van der Waals surface area contributed by atoms with Crippen molar-refractivity contribution < 1.29 is 19.4 Å². The van der Waals surface area contributed by atoms with Crippen LogP contribution in [0, 0.1) is 5.92 Å². The Balaban J connectivity index is 1.54. The second-order valence-electron chi connectivity index (χ2n) is 9.85. The van der Waals surface area contributed by atoms with E-state index in [1.165, 1.54) is 6.42 Å². The summed E-state index contributed by atoms with van der Waals surface area (Å²) in [6, 6.07) is 15.1. The standard InChI is InChI=1S/C29H39N3O4/c33-21-23-13-17-31(18-14-23)29(35)24-11-12-27-25(19-24)20-30-15-7-2-1-3-8-16-32(27)28(34)22-36-26-9-5-4-6-10-26/h4-6,9-12,19,23,30,33H,1-3,7-8,13-18,20-22H2. The van der Waals surface area contributed by atoms with E-state index in [1.807, 2.05) is 58.3 Å². The minimum absolute atomic E-state index is 0.0191. The van der Waals surface area contributed by atoms with Crippen LogP contribution in [0.25, 0.3) is 0 Å². The van der Waals surface area contributed by atoms with Crippen molar-refractivity contribution in [2.75, 3.05) is 44.3 Å². The van der Waals surface area contributed by atoms with E-state index in [9.17, 15) is 14.7 Å². The Labute approximate surface area is 214 Å².